The van der Waals surface area contributed by atoms with Gasteiger partial charge in [0.05, 0.1) is 6.21 Å². The van der Waals surface area contributed by atoms with E-state index in [1.165, 1.54) is 70.6 Å². The van der Waals surface area contributed by atoms with Crippen molar-refractivity contribution in [1.82, 2.24) is 10.4 Å². The number of aromatic nitrogens is 1. The Morgan fingerprint density at radius 1 is 0.962 bits per heavy atom. The Balaban J connectivity index is 1.84. The van der Waals surface area contributed by atoms with Gasteiger partial charge in [0, 0.05) is 24.4 Å². The number of hydrogen-bond donors (Lipinski definition) is 1. The summed E-state index contributed by atoms with van der Waals surface area (Å²) in [4.78, 5) is 15.7. The molecule has 0 spiro atoms. The number of unbranched alkanes of at least 4 members (excludes halogenated alkanes) is 12. The number of nitrogens with one attached hydrogen (secondary N) is 1. The predicted molar refractivity (Wildman–Crippen MR) is 110 cm³/mol. The highest BCUT2D eigenvalue weighted by Gasteiger charge is 1.99. The van der Waals surface area contributed by atoms with Crippen LogP contribution in [0, 0.1) is 0 Å². The molecule has 1 aromatic heterocycles. The highest BCUT2D eigenvalue weighted by atomic mass is 16.2. The summed E-state index contributed by atoms with van der Waals surface area (Å²) in [5.41, 5.74) is 3.46. The molecule has 0 radical (unpaired) electrons. The molecule has 1 amide bonds. The molecule has 1 aromatic rings. The van der Waals surface area contributed by atoms with Crippen molar-refractivity contribution in [3.05, 3.63) is 30.1 Å². The Morgan fingerprint density at radius 3 is 2.08 bits per heavy atom. The third-order valence-electron chi connectivity index (χ3n) is 4.59. The molecule has 26 heavy (non-hydrogen) atoms. The van der Waals surface area contributed by atoms with E-state index < -0.39 is 0 Å². The van der Waals surface area contributed by atoms with E-state index in [9.17, 15) is 4.79 Å². The van der Waals surface area contributed by atoms with Gasteiger partial charge in [-0.2, -0.15) is 5.10 Å². The number of nitrogens with zero attached hydrogens (tertiary/aromatic N) is 2. The number of pyridine rings is 1. The summed E-state index contributed by atoms with van der Waals surface area (Å²) in [5.74, 6) is -0.00628. The van der Waals surface area contributed by atoms with Gasteiger partial charge in [-0.05, 0) is 12.5 Å². The lowest BCUT2D eigenvalue weighted by molar-refractivity contribution is -0.121. The minimum absolute atomic E-state index is 0.00628. The lowest BCUT2D eigenvalue weighted by Gasteiger charge is -2.03. The fraction of sp³-hybridized carbons (Fsp3) is 0.682. The summed E-state index contributed by atoms with van der Waals surface area (Å²) in [6.45, 7) is 2.27. The van der Waals surface area contributed by atoms with Crippen molar-refractivity contribution >= 4 is 12.1 Å². The average molecular weight is 360 g/mol. The SMILES string of the molecule is CCCCCCCCCCCCCCCC(=O)N/N=C/c1cccnc1. The first-order valence-electron chi connectivity index (χ1n) is 10.5. The summed E-state index contributed by atoms with van der Waals surface area (Å²) in [6.07, 6.45) is 22.7. The van der Waals surface area contributed by atoms with E-state index in [-0.39, 0.29) is 5.91 Å². The highest BCUT2D eigenvalue weighted by molar-refractivity contribution is 5.81. The van der Waals surface area contributed by atoms with Crippen LogP contribution in [0.25, 0.3) is 0 Å². The molecule has 0 aliphatic carbocycles. The van der Waals surface area contributed by atoms with Gasteiger partial charge in [-0.15, -0.1) is 0 Å². The van der Waals surface area contributed by atoms with E-state index in [2.05, 4.69) is 22.4 Å². The average Bonchev–Trinajstić information content (AvgIpc) is 2.66. The summed E-state index contributed by atoms with van der Waals surface area (Å²) in [7, 11) is 0. The Kier molecular flexibility index (Phi) is 14.4. The third-order valence-corrected chi connectivity index (χ3v) is 4.59. The molecular weight excluding hydrogens is 322 g/mol. The van der Waals surface area contributed by atoms with Crippen LogP contribution >= 0.6 is 0 Å². The summed E-state index contributed by atoms with van der Waals surface area (Å²) in [6, 6.07) is 3.74. The molecule has 4 nitrogen and oxygen atoms in total. The van der Waals surface area contributed by atoms with Crippen LogP contribution in [0.15, 0.2) is 29.6 Å². The van der Waals surface area contributed by atoms with Crippen LogP contribution < -0.4 is 5.43 Å². The number of amides is 1. The Morgan fingerprint density at radius 2 is 1.54 bits per heavy atom. The van der Waals surface area contributed by atoms with Crippen molar-refractivity contribution < 1.29 is 4.79 Å². The molecule has 0 aromatic carbocycles. The van der Waals surface area contributed by atoms with Crippen LogP contribution in [-0.2, 0) is 4.79 Å². The molecule has 146 valence electrons. The normalized spacial score (nSPS) is 11.1. The van der Waals surface area contributed by atoms with Gasteiger partial charge < -0.3 is 0 Å². The van der Waals surface area contributed by atoms with E-state index in [1.807, 2.05) is 12.1 Å². The number of carbonyl (C=O) groups excluding carboxylic acids is 1. The van der Waals surface area contributed by atoms with Gasteiger partial charge in [-0.3, -0.25) is 9.78 Å². The van der Waals surface area contributed by atoms with Crippen LogP contribution in [0.2, 0.25) is 0 Å². The van der Waals surface area contributed by atoms with Crippen molar-refractivity contribution in [2.75, 3.05) is 0 Å². The van der Waals surface area contributed by atoms with Gasteiger partial charge in [0.25, 0.3) is 0 Å². The predicted octanol–water partition coefficient (Wildman–Crippen LogP) is 6.01. The van der Waals surface area contributed by atoms with Crippen LogP contribution in [0.3, 0.4) is 0 Å². The fourth-order valence-electron chi connectivity index (χ4n) is 2.99. The minimum Gasteiger partial charge on any atom is -0.273 e. The molecule has 0 fully saturated rings. The van der Waals surface area contributed by atoms with Crippen molar-refractivity contribution in [3.8, 4) is 0 Å². The number of hydrogen-bond acceptors (Lipinski definition) is 3. The minimum atomic E-state index is -0.00628. The second-order valence-electron chi connectivity index (χ2n) is 7.07. The standard InChI is InChI=1S/C22H37N3O/c1-2-3-4-5-6-7-8-9-10-11-12-13-14-17-22(26)25-24-20-21-16-15-18-23-19-21/h15-16,18-20H,2-14,17H2,1H3,(H,25,26)/b24-20+. The maximum absolute atomic E-state index is 11.7. The molecule has 0 aliphatic rings. The van der Waals surface area contributed by atoms with Gasteiger partial charge in [0.15, 0.2) is 0 Å². The zero-order valence-electron chi connectivity index (χ0n) is 16.6. The quantitative estimate of drug-likeness (QED) is 0.223. The van der Waals surface area contributed by atoms with Crippen LogP contribution in [0.5, 0.6) is 0 Å². The summed E-state index contributed by atoms with van der Waals surface area (Å²) >= 11 is 0. The smallest absolute Gasteiger partial charge is 0.240 e. The van der Waals surface area contributed by atoms with E-state index in [4.69, 9.17) is 0 Å². The van der Waals surface area contributed by atoms with E-state index >= 15 is 0 Å². The zero-order chi connectivity index (χ0) is 18.7. The Hall–Kier alpha value is -1.71. The fourth-order valence-corrected chi connectivity index (χ4v) is 2.99. The van der Waals surface area contributed by atoms with E-state index in [1.54, 1.807) is 18.6 Å². The molecule has 4 heteroatoms. The maximum atomic E-state index is 11.7. The molecule has 0 saturated heterocycles. The molecule has 0 unspecified atom stereocenters. The molecule has 0 aliphatic heterocycles. The molecule has 0 saturated carbocycles. The lowest BCUT2D eigenvalue weighted by Crippen LogP contribution is -2.16. The monoisotopic (exact) mass is 359 g/mol. The molecule has 0 atom stereocenters. The van der Waals surface area contributed by atoms with Gasteiger partial charge in [0.1, 0.15) is 0 Å². The van der Waals surface area contributed by atoms with Crippen LogP contribution in [0.1, 0.15) is 102 Å². The summed E-state index contributed by atoms with van der Waals surface area (Å²) < 4.78 is 0. The molecule has 1 heterocycles. The Labute approximate surface area is 159 Å². The zero-order valence-corrected chi connectivity index (χ0v) is 16.6. The van der Waals surface area contributed by atoms with Crippen LogP contribution in [-0.4, -0.2) is 17.1 Å². The Bertz CT molecular complexity index is 474. The topological polar surface area (TPSA) is 54.4 Å². The van der Waals surface area contributed by atoms with Crippen molar-refractivity contribution in [2.24, 2.45) is 5.10 Å². The second-order valence-corrected chi connectivity index (χ2v) is 7.07. The lowest BCUT2D eigenvalue weighted by atomic mass is 10.0. The van der Waals surface area contributed by atoms with Gasteiger partial charge in [0.2, 0.25) is 5.91 Å². The molecule has 0 bridgehead atoms. The van der Waals surface area contributed by atoms with Gasteiger partial charge in [-0.25, -0.2) is 5.43 Å². The first-order chi connectivity index (χ1) is 12.8. The van der Waals surface area contributed by atoms with Crippen LogP contribution in [0.4, 0.5) is 0 Å². The first kappa shape index (κ1) is 22.3. The molecule has 1 N–H and O–H groups in total. The highest BCUT2D eigenvalue weighted by Crippen LogP contribution is 2.12. The van der Waals surface area contributed by atoms with E-state index in [0.29, 0.717) is 6.42 Å². The molecule has 1 rings (SSSR count). The number of hydrazone groups is 1. The van der Waals surface area contributed by atoms with Crippen molar-refractivity contribution in [3.63, 3.8) is 0 Å². The summed E-state index contributed by atoms with van der Waals surface area (Å²) in [5, 5.41) is 3.96. The van der Waals surface area contributed by atoms with Crippen molar-refractivity contribution in [2.45, 2.75) is 96.8 Å². The van der Waals surface area contributed by atoms with Gasteiger partial charge in [-0.1, -0.05) is 90.0 Å². The second kappa shape index (κ2) is 16.7. The number of carbonyl (C=O) groups is 1. The largest absolute Gasteiger partial charge is 0.273 e. The van der Waals surface area contributed by atoms with Gasteiger partial charge >= 0.3 is 0 Å². The molecular formula is C22H37N3O. The first-order valence-corrected chi connectivity index (χ1v) is 10.5. The maximum Gasteiger partial charge on any atom is 0.240 e. The number of rotatable bonds is 16. The third kappa shape index (κ3) is 13.6. The van der Waals surface area contributed by atoms with E-state index in [0.717, 1.165) is 18.4 Å². The van der Waals surface area contributed by atoms with Crippen molar-refractivity contribution in [1.29, 1.82) is 0 Å².